The van der Waals surface area contributed by atoms with Gasteiger partial charge < -0.3 is 15.2 Å². The van der Waals surface area contributed by atoms with E-state index in [1.807, 2.05) is 24.5 Å². The summed E-state index contributed by atoms with van der Waals surface area (Å²) in [6, 6.07) is 4.76. The largest absolute Gasteiger partial charge is 0.492 e. The second-order valence-electron chi connectivity index (χ2n) is 8.66. The zero-order valence-corrected chi connectivity index (χ0v) is 20.5. The highest BCUT2D eigenvalue weighted by Crippen LogP contribution is 2.41. The maximum absolute atomic E-state index is 13.2. The van der Waals surface area contributed by atoms with Gasteiger partial charge in [-0.1, -0.05) is 45.1 Å². The molecule has 184 valence electrons. The Hall–Kier alpha value is -2.33. The van der Waals surface area contributed by atoms with Crippen LogP contribution in [-0.2, 0) is 20.9 Å². The summed E-state index contributed by atoms with van der Waals surface area (Å²) in [6.07, 6.45) is 6.01. The zero-order chi connectivity index (χ0) is 25.1. The highest BCUT2D eigenvalue weighted by atomic mass is 32.2. The number of aliphatic carboxylic acids is 1. The van der Waals surface area contributed by atoms with Gasteiger partial charge in [-0.05, 0) is 52.8 Å². The van der Waals surface area contributed by atoms with Crippen molar-refractivity contribution in [3.63, 3.8) is 0 Å². The first-order chi connectivity index (χ1) is 15.9. The summed E-state index contributed by atoms with van der Waals surface area (Å²) in [5.74, 6) is -1.44. The van der Waals surface area contributed by atoms with Crippen LogP contribution in [0.25, 0.3) is 0 Å². The quantitative estimate of drug-likeness (QED) is 0.401. The van der Waals surface area contributed by atoms with Crippen LogP contribution in [0, 0.1) is 11.3 Å². The first-order valence-electron chi connectivity index (χ1n) is 10.7. The van der Waals surface area contributed by atoms with Gasteiger partial charge in [0.25, 0.3) is 5.91 Å². The molecule has 1 aliphatic heterocycles. The Bertz CT molecular complexity index is 1020. The number of halogens is 3. The first-order valence-corrected chi connectivity index (χ1v) is 12.4. The number of nitrogens with one attached hydrogen (secondary N) is 1. The third-order valence-corrected chi connectivity index (χ3v) is 7.73. The summed E-state index contributed by atoms with van der Waals surface area (Å²) in [5.41, 5.74) is -4.13. The highest BCUT2D eigenvalue weighted by molar-refractivity contribution is 8.03. The van der Waals surface area contributed by atoms with Gasteiger partial charge in [-0.25, -0.2) is 4.79 Å². The van der Waals surface area contributed by atoms with Crippen LogP contribution in [0.1, 0.15) is 32.8 Å². The third kappa shape index (κ3) is 6.41. The fourth-order valence-corrected chi connectivity index (χ4v) is 5.12. The number of thioether (sulfide) groups is 2. The van der Waals surface area contributed by atoms with Crippen LogP contribution >= 0.6 is 23.5 Å². The van der Waals surface area contributed by atoms with Crippen LogP contribution in [0.4, 0.5) is 13.2 Å². The minimum atomic E-state index is -4.36. The number of hydrogen-bond donors (Lipinski definition) is 2. The number of carboxylic acid groups (broad SMARTS) is 1. The normalized spacial score (nSPS) is 20.8. The van der Waals surface area contributed by atoms with Gasteiger partial charge in [-0.3, -0.25) is 4.79 Å². The minimum absolute atomic E-state index is 0.0551. The first kappa shape index (κ1) is 26.3. The number of benzene rings is 1. The topological polar surface area (TPSA) is 75.6 Å². The molecule has 3 unspecified atom stereocenters. The number of rotatable bonds is 9. The van der Waals surface area contributed by atoms with Crippen LogP contribution in [0.3, 0.4) is 0 Å². The van der Waals surface area contributed by atoms with Gasteiger partial charge in [0.2, 0.25) is 0 Å². The number of fused-ring (bicyclic) bond motifs is 1. The second-order valence-corrected chi connectivity index (χ2v) is 10.9. The predicted octanol–water partition coefficient (Wildman–Crippen LogP) is 5.89. The fraction of sp³-hybridized carbons (Fsp3) is 0.417. The molecule has 0 saturated carbocycles. The van der Waals surface area contributed by atoms with Crippen LogP contribution < -0.4 is 5.32 Å². The molecule has 0 aromatic heterocycles. The van der Waals surface area contributed by atoms with E-state index < -0.39 is 28.8 Å². The number of hydrogen-bond acceptors (Lipinski definition) is 5. The monoisotopic (exact) mass is 513 g/mol. The number of allylic oxidation sites excluding steroid dienone is 1. The van der Waals surface area contributed by atoms with E-state index in [1.54, 1.807) is 43.8 Å². The maximum Gasteiger partial charge on any atom is 0.446 e. The molecule has 0 spiro atoms. The van der Waals surface area contributed by atoms with Crippen LogP contribution in [0.15, 0.2) is 64.1 Å². The number of carbonyl (C=O) groups excluding carboxylic acids is 1. The molecular formula is C24H26F3NO4S2. The number of amides is 1. The molecular weight excluding hydrogens is 487 g/mol. The summed E-state index contributed by atoms with van der Waals surface area (Å²) in [4.78, 5) is 25.1. The molecule has 1 aromatic rings. The minimum Gasteiger partial charge on any atom is -0.492 e. The van der Waals surface area contributed by atoms with Gasteiger partial charge in [0.1, 0.15) is 18.4 Å². The molecule has 1 amide bonds. The van der Waals surface area contributed by atoms with Crippen molar-refractivity contribution in [1.82, 2.24) is 5.32 Å². The molecule has 1 heterocycles. The van der Waals surface area contributed by atoms with Crippen LogP contribution in [0.2, 0.25) is 0 Å². The van der Waals surface area contributed by atoms with Gasteiger partial charge in [0, 0.05) is 10.1 Å². The predicted molar refractivity (Wildman–Crippen MR) is 127 cm³/mol. The SMILES string of the molecule is CCC(C)(C)C(NC(=O)C1=C(OCc2ccc(SC(F)(F)F)cc2)C2C=CSC2C=C1)C(=O)O. The highest BCUT2D eigenvalue weighted by Gasteiger charge is 2.38. The Morgan fingerprint density at radius 1 is 1.21 bits per heavy atom. The lowest BCUT2D eigenvalue weighted by Gasteiger charge is -2.32. The molecule has 3 rings (SSSR count). The van der Waals surface area contributed by atoms with Gasteiger partial charge in [0.05, 0.1) is 11.5 Å². The number of carbonyl (C=O) groups is 2. The molecule has 1 aromatic carbocycles. The third-order valence-electron chi connectivity index (χ3n) is 5.91. The molecule has 0 radical (unpaired) electrons. The molecule has 2 N–H and O–H groups in total. The van der Waals surface area contributed by atoms with E-state index in [4.69, 9.17) is 4.74 Å². The van der Waals surface area contributed by atoms with Gasteiger partial charge >= 0.3 is 11.5 Å². The molecule has 5 nitrogen and oxygen atoms in total. The molecule has 0 fully saturated rings. The van der Waals surface area contributed by atoms with Crippen molar-refractivity contribution in [2.24, 2.45) is 11.3 Å². The van der Waals surface area contributed by atoms with Gasteiger partial charge in [0.15, 0.2) is 0 Å². The van der Waals surface area contributed by atoms with E-state index in [0.717, 1.165) is 0 Å². The van der Waals surface area contributed by atoms with Crippen molar-refractivity contribution >= 4 is 35.4 Å². The lowest BCUT2D eigenvalue weighted by Crippen LogP contribution is -2.50. The second kappa shape index (κ2) is 10.5. The maximum atomic E-state index is 13.2. The van der Waals surface area contributed by atoms with E-state index >= 15 is 0 Å². The Balaban J connectivity index is 1.81. The standard InChI is InChI=1S/C24H26F3NO4S2/c1-4-23(2,3)20(22(30)31)28-21(29)17-9-10-18-16(11-12-33-18)19(17)32-13-14-5-7-15(8-6-14)34-24(25,26)27/h5-12,16,18,20H,4,13H2,1-3H3,(H,28,29)(H,30,31). The summed E-state index contributed by atoms with van der Waals surface area (Å²) in [6.45, 7) is 5.48. The molecule has 3 atom stereocenters. The zero-order valence-electron chi connectivity index (χ0n) is 18.9. The van der Waals surface area contributed by atoms with Crippen molar-refractivity contribution in [2.75, 3.05) is 0 Å². The van der Waals surface area contributed by atoms with Gasteiger partial charge in [-0.15, -0.1) is 11.8 Å². The fourth-order valence-electron chi connectivity index (χ4n) is 3.58. The van der Waals surface area contributed by atoms with Crippen molar-refractivity contribution in [1.29, 1.82) is 0 Å². The Morgan fingerprint density at radius 3 is 2.47 bits per heavy atom. The summed E-state index contributed by atoms with van der Waals surface area (Å²) >= 11 is 1.39. The molecule has 2 aliphatic rings. The van der Waals surface area contributed by atoms with Crippen molar-refractivity contribution in [2.45, 2.75) is 55.5 Å². The van der Waals surface area contributed by atoms with Crippen molar-refractivity contribution in [3.8, 4) is 0 Å². The summed E-state index contributed by atoms with van der Waals surface area (Å²) in [7, 11) is 0. The molecule has 34 heavy (non-hydrogen) atoms. The number of carboxylic acids is 1. The lowest BCUT2D eigenvalue weighted by atomic mass is 9.81. The average molecular weight is 514 g/mol. The molecule has 0 bridgehead atoms. The van der Waals surface area contributed by atoms with E-state index in [0.29, 0.717) is 17.7 Å². The average Bonchev–Trinajstić information content (AvgIpc) is 3.24. The van der Waals surface area contributed by atoms with E-state index in [-0.39, 0.29) is 40.0 Å². The lowest BCUT2D eigenvalue weighted by molar-refractivity contribution is -0.144. The van der Waals surface area contributed by atoms with Crippen LogP contribution in [0.5, 0.6) is 0 Å². The Kier molecular flexibility index (Phi) is 8.13. The van der Waals surface area contributed by atoms with E-state index in [9.17, 15) is 27.9 Å². The number of ether oxygens (including phenoxy) is 1. The van der Waals surface area contributed by atoms with Gasteiger partial charge in [-0.2, -0.15) is 13.2 Å². The summed E-state index contributed by atoms with van der Waals surface area (Å²) in [5, 5.41) is 14.3. The van der Waals surface area contributed by atoms with Crippen molar-refractivity contribution in [3.05, 3.63) is 64.8 Å². The smallest absolute Gasteiger partial charge is 0.446 e. The van der Waals surface area contributed by atoms with E-state index in [1.165, 1.54) is 12.1 Å². The van der Waals surface area contributed by atoms with Crippen molar-refractivity contribution < 1.29 is 32.6 Å². The Morgan fingerprint density at radius 2 is 1.88 bits per heavy atom. The van der Waals surface area contributed by atoms with Crippen LogP contribution in [-0.4, -0.2) is 33.8 Å². The van der Waals surface area contributed by atoms with E-state index in [2.05, 4.69) is 5.32 Å². The molecule has 10 heteroatoms. The number of alkyl halides is 3. The Labute approximate surface area is 204 Å². The summed E-state index contributed by atoms with van der Waals surface area (Å²) < 4.78 is 43.7. The molecule has 0 saturated heterocycles. The molecule has 1 aliphatic carbocycles.